The van der Waals surface area contributed by atoms with Crippen molar-refractivity contribution < 1.29 is 18.7 Å². The highest BCUT2D eigenvalue weighted by molar-refractivity contribution is 6.02. The summed E-state index contributed by atoms with van der Waals surface area (Å²) in [7, 11) is 0. The molecule has 3 rings (SSSR count). The summed E-state index contributed by atoms with van der Waals surface area (Å²) in [6, 6.07) is 2.57. The first kappa shape index (κ1) is 14.9. The van der Waals surface area contributed by atoms with Crippen molar-refractivity contribution in [1.29, 1.82) is 0 Å². The smallest absolute Gasteiger partial charge is 0.226 e. The number of benzene rings is 1. The minimum atomic E-state index is -0.427. The number of rotatable bonds is 3. The van der Waals surface area contributed by atoms with Gasteiger partial charge in [-0.05, 0) is 24.1 Å². The Balaban J connectivity index is 1.72. The van der Waals surface area contributed by atoms with Crippen LogP contribution in [0.25, 0.3) is 0 Å². The first-order valence-electron chi connectivity index (χ1n) is 7.35. The summed E-state index contributed by atoms with van der Waals surface area (Å²) >= 11 is 0. The van der Waals surface area contributed by atoms with Crippen molar-refractivity contribution in [3.63, 3.8) is 0 Å². The van der Waals surface area contributed by atoms with Gasteiger partial charge >= 0.3 is 0 Å². The van der Waals surface area contributed by atoms with Crippen molar-refractivity contribution in [3.8, 4) is 0 Å². The molecule has 1 aromatic rings. The molecule has 2 amide bonds. The molecule has 0 saturated carbocycles. The second-order valence-electron chi connectivity index (χ2n) is 5.51. The summed E-state index contributed by atoms with van der Waals surface area (Å²) in [6.45, 7) is 1.83. The zero-order valence-corrected chi connectivity index (χ0v) is 12.1. The molecule has 0 radical (unpaired) electrons. The lowest BCUT2D eigenvalue weighted by atomic mass is 10.0. The first-order chi connectivity index (χ1) is 10.6. The molecule has 0 aliphatic carbocycles. The number of fused-ring (bicyclic) bond motifs is 1. The Morgan fingerprint density at radius 3 is 3.05 bits per heavy atom. The minimum absolute atomic E-state index is 0.0484. The summed E-state index contributed by atoms with van der Waals surface area (Å²) in [6.07, 6.45) is 1.03. The number of morpholine rings is 1. The molecule has 1 aromatic carbocycles. The summed E-state index contributed by atoms with van der Waals surface area (Å²) < 4.78 is 19.0. The van der Waals surface area contributed by atoms with Crippen LogP contribution in [0.15, 0.2) is 12.1 Å². The monoisotopic (exact) mass is 307 g/mol. The maximum absolute atomic E-state index is 13.7. The van der Waals surface area contributed by atoms with Crippen molar-refractivity contribution in [1.82, 2.24) is 5.32 Å². The Morgan fingerprint density at radius 1 is 1.41 bits per heavy atom. The molecule has 2 aliphatic rings. The third-order valence-electron chi connectivity index (χ3n) is 3.77. The topological polar surface area (TPSA) is 79.5 Å². The van der Waals surface area contributed by atoms with Crippen molar-refractivity contribution in [2.75, 3.05) is 30.4 Å². The Bertz CT molecular complexity index is 600. The second-order valence-corrected chi connectivity index (χ2v) is 5.51. The van der Waals surface area contributed by atoms with Gasteiger partial charge in [-0.1, -0.05) is 0 Å². The van der Waals surface area contributed by atoms with Crippen LogP contribution in [0.1, 0.15) is 18.4 Å². The number of amides is 2. The van der Waals surface area contributed by atoms with Gasteiger partial charge in [-0.25, -0.2) is 4.39 Å². The van der Waals surface area contributed by atoms with E-state index in [2.05, 4.69) is 16.0 Å². The van der Waals surface area contributed by atoms with Crippen molar-refractivity contribution in [2.45, 2.75) is 25.3 Å². The predicted octanol–water partition coefficient (Wildman–Crippen LogP) is 1.03. The van der Waals surface area contributed by atoms with Crippen molar-refractivity contribution >= 4 is 23.2 Å². The molecule has 118 valence electrons. The van der Waals surface area contributed by atoms with E-state index >= 15 is 0 Å². The van der Waals surface area contributed by atoms with E-state index in [1.165, 1.54) is 12.1 Å². The SMILES string of the molecule is O=C(C[C@@H]1COCCN1)Nc1cc(F)cc2c1NC(=O)CC2. The molecular weight excluding hydrogens is 289 g/mol. The molecule has 3 N–H and O–H groups in total. The Kier molecular flexibility index (Phi) is 4.35. The number of aryl methyl sites for hydroxylation is 1. The molecule has 2 aliphatic heterocycles. The molecule has 1 fully saturated rings. The lowest BCUT2D eigenvalue weighted by Gasteiger charge is -2.24. The van der Waals surface area contributed by atoms with Gasteiger partial charge in [0.15, 0.2) is 0 Å². The number of carbonyl (C=O) groups excluding carboxylic acids is 2. The first-order valence-corrected chi connectivity index (χ1v) is 7.35. The molecule has 0 unspecified atom stereocenters. The number of hydrogen-bond acceptors (Lipinski definition) is 4. The van der Waals surface area contributed by atoms with E-state index in [4.69, 9.17) is 4.74 Å². The van der Waals surface area contributed by atoms with Gasteiger partial charge in [0.25, 0.3) is 0 Å². The van der Waals surface area contributed by atoms with E-state index in [-0.39, 0.29) is 24.3 Å². The predicted molar refractivity (Wildman–Crippen MR) is 79.2 cm³/mol. The van der Waals surface area contributed by atoms with Gasteiger partial charge in [0.1, 0.15) is 5.82 Å². The molecular formula is C15H18FN3O3. The molecule has 0 aromatic heterocycles. The van der Waals surface area contributed by atoms with E-state index in [0.717, 1.165) is 0 Å². The summed E-state index contributed by atoms with van der Waals surface area (Å²) in [5.74, 6) is -0.795. The van der Waals surface area contributed by atoms with Gasteiger partial charge in [0.2, 0.25) is 11.8 Å². The Hall–Kier alpha value is -1.99. The van der Waals surface area contributed by atoms with Crippen molar-refractivity contribution in [2.24, 2.45) is 0 Å². The third-order valence-corrected chi connectivity index (χ3v) is 3.77. The fourth-order valence-corrected chi connectivity index (χ4v) is 2.73. The summed E-state index contributed by atoms with van der Waals surface area (Å²) in [5, 5.41) is 8.58. The van der Waals surface area contributed by atoms with Crippen LogP contribution in [-0.4, -0.2) is 37.6 Å². The number of anilines is 2. The summed E-state index contributed by atoms with van der Waals surface area (Å²) in [4.78, 5) is 23.6. The van der Waals surface area contributed by atoms with E-state index in [0.29, 0.717) is 49.5 Å². The van der Waals surface area contributed by atoms with Crippen LogP contribution in [-0.2, 0) is 20.7 Å². The fraction of sp³-hybridized carbons (Fsp3) is 0.467. The highest BCUT2D eigenvalue weighted by Gasteiger charge is 2.22. The van der Waals surface area contributed by atoms with Crippen LogP contribution in [0.2, 0.25) is 0 Å². The van der Waals surface area contributed by atoms with E-state index in [1.807, 2.05) is 0 Å². The van der Waals surface area contributed by atoms with Crippen LogP contribution in [0, 0.1) is 5.82 Å². The second kappa shape index (κ2) is 6.41. The van der Waals surface area contributed by atoms with Gasteiger partial charge in [0.05, 0.1) is 24.6 Å². The van der Waals surface area contributed by atoms with Gasteiger partial charge in [0, 0.05) is 25.4 Å². The molecule has 7 heteroatoms. The molecule has 0 spiro atoms. The normalized spacial score (nSPS) is 21.0. The Labute approximate surface area is 127 Å². The molecule has 1 atom stereocenters. The number of hydrogen-bond donors (Lipinski definition) is 3. The van der Waals surface area contributed by atoms with Gasteiger partial charge in [-0.15, -0.1) is 0 Å². The van der Waals surface area contributed by atoms with Gasteiger partial charge < -0.3 is 20.7 Å². The molecule has 2 heterocycles. The summed E-state index contributed by atoms with van der Waals surface area (Å²) in [5.41, 5.74) is 1.51. The number of halogens is 1. The number of ether oxygens (including phenoxy) is 1. The van der Waals surface area contributed by atoms with Gasteiger partial charge in [-0.2, -0.15) is 0 Å². The van der Waals surface area contributed by atoms with E-state index < -0.39 is 5.82 Å². The molecule has 22 heavy (non-hydrogen) atoms. The number of nitrogens with one attached hydrogen (secondary N) is 3. The zero-order valence-electron chi connectivity index (χ0n) is 12.1. The molecule has 1 saturated heterocycles. The van der Waals surface area contributed by atoms with Crippen molar-refractivity contribution in [3.05, 3.63) is 23.5 Å². The molecule has 6 nitrogen and oxygen atoms in total. The van der Waals surface area contributed by atoms with E-state index in [1.54, 1.807) is 0 Å². The van der Waals surface area contributed by atoms with Gasteiger partial charge in [-0.3, -0.25) is 9.59 Å². The van der Waals surface area contributed by atoms with Crippen LogP contribution in [0.5, 0.6) is 0 Å². The third kappa shape index (κ3) is 3.42. The fourth-order valence-electron chi connectivity index (χ4n) is 2.73. The average molecular weight is 307 g/mol. The minimum Gasteiger partial charge on any atom is -0.378 e. The van der Waals surface area contributed by atoms with Crippen LogP contribution < -0.4 is 16.0 Å². The average Bonchev–Trinajstić information content (AvgIpc) is 2.49. The maximum atomic E-state index is 13.7. The zero-order chi connectivity index (χ0) is 15.5. The highest BCUT2D eigenvalue weighted by atomic mass is 19.1. The largest absolute Gasteiger partial charge is 0.378 e. The number of carbonyl (C=O) groups is 2. The standard InChI is InChI=1S/C15H18FN3O3/c16-10-5-9-1-2-13(20)19-15(9)12(6-10)18-14(21)7-11-8-22-4-3-17-11/h5-6,11,17H,1-4,7-8H2,(H,18,21)(H,19,20)/t11-/m1/s1. The Morgan fingerprint density at radius 2 is 2.27 bits per heavy atom. The van der Waals surface area contributed by atoms with E-state index in [9.17, 15) is 14.0 Å². The lowest BCUT2D eigenvalue weighted by molar-refractivity contribution is -0.118. The van der Waals surface area contributed by atoms with Crippen LogP contribution >= 0.6 is 0 Å². The highest BCUT2D eigenvalue weighted by Crippen LogP contribution is 2.32. The maximum Gasteiger partial charge on any atom is 0.226 e. The quantitative estimate of drug-likeness (QED) is 0.779. The lowest BCUT2D eigenvalue weighted by Crippen LogP contribution is -2.43. The van der Waals surface area contributed by atoms with Crippen LogP contribution in [0.4, 0.5) is 15.8 Å². The molecule has 0 bridgehead atoms. The van der Waals surface area contributed by atoms with Crippen LogP contribution in [0.3, 0.4) is 0 Å².